The molecule has 0 bridgehead atoms. The van der Waals surface area contributed by atoms with Gasteiger partial charge in [-0.3, -0.25) is 4.79 Å². The van der Waals surface area contributed by atoms with Crippen LogP contribution in [0.1, 0.15) is 37.0 Å². The Balaban J connectivity index is 2.27. The lowest BCUT2D eigenvalue weighted by Gasteiger charge is -2.26. The molecule has 1 aliphatic rings. The van der Waals surface area contributed by atoms with Crippen molar-refractivity contribution in [3.63, 3.8) is 0 Å². The van der Waals surface area contributed by atoms with Gasteiger partial charge in [0.2, 0.25) is 0 Å². The fourth-order valence-electron chi connectivity index (χ4n) is 2.80. The van der Waals surface area contributed by atoms with Crippen molar-refractivity contribution in [1.29, 1.82) is 0 Å². The number of carbonyl (C=O) groups is 1. The van der Waals surface area contributed by atoms with E-state index in [4.69, 9.17) is 11.6 Å². The van der Waals surface area contributed by atoms with Gasteiger partial charge < -0.3 is 15.3 Å². The molecule has 116 valence electrons. The van der Waals surface area contributed by atoms with Crippen molar-refractivity contribution in [3.05, 3.63) is 28.8 Å². The van der Waals surface area contributed by atoms with E-state index in [1.54, 1.807) is 17.0 Å². The van der Waals surface area contributed by atoms with Crippen LogP contribution >= 0.6 is 11.6 Å². The van der Waals surface area contributed by atoms with Gasteiger partial charge in [-0.05, 0) is 37.0 Å². The predicted molar refractivity (Wildman–Crippen MR) is 85.9 cm³/mol. The van der Waals surface area contributed by atoms with Crippen LogP contribution in [0.15, 0.2) is 18.2 Å². The van der Waals surface area contributed by atoms with Crippen LogP contribution in [0.4, 0.5) is 5.69 Å². The van der Waals surface area contributed by atoms with E-state index in [2.05, 4.69) is 19.2 Å². The molecule has 21 heavy (non-hydrogen) atoms. The minimum absolute atomic E-state index is 0.00515. The van der Waals surface area contributed by atoms with Crippen LogP contribution in [0, 0.1) is 5.92 Å². The molecule has 1 heterocycles. The third-order valence-corrected chi connectivity index (χ3v) is 4.34. The molecule has 0 spiro atoms. The first-order valence-corrected chi connectivity index (χ1v) is 7.91. The second-order valence-electron chi connectivity index (χ2n) is 5.63. The Kier molecular flexibility index (Phi) is 5.48. The molecule has 1 aromatic rings. The van der Waals surface area contributed by atoms with Gasteiger partial charge in [-0.15, -0.1) is 0 Å². The van der Waals surface area contributed by atoms with E-state index >= 15 is 0 Å². The third-order valence-electron chi connectivity index (χ3n) is 4.11. The molecule has 1 aromatic carbocycles. The van der Waals surface area contributed by atoms with Gasteiger partial charge in [0.05, 0.1) is 18.2 Å². The number of amides is 1. The van der Waals surface area contributed by atoms with Crippen molar-refractivity contribution in [2.24, 2.45) is 5.92 Å². The van der Waals surface area contributed by atoms with Crippen molar-refractivity contribution >= 4 is 23.2 Å². The van der Waals surface area contributed by atoms with Gasteiger partial charge in [0.15, 0.2) is 0 Å². The number of halogens is 1. The molecule has 4 nitrogen and oxygen atoms in total. The lowest BCUT2D eigenvalue weighted by molar-refractivity contribution is 0.0649. The van der Waals surface area contributed by atoms with Crippen molar-refractivity contribution in [1.82, 2.24) is 4.90 Å². The van der Waals surface area contributed by atoms with E-state index in [-0.39, 0.29) is 18.6 Å². The SMILES string of the molecule is CCCNc1ccc(Cl)cc1C(=O)N1CCC(C)C1CO. The fourth-order valence-corrected chi connectivity index (χ4v) is 2.97. The maximum atomic E-state index is 12.8. The van der Waals surface area contributed by atoms with Gasteiger partial charge in [-0.25, -0.2) is 0 Å². The summed E-state index contributed by atoms with van der Waals surface area (Å²) in [5, 5.41) is 13.4. The summed E-state index contributed by atoms with van der Waals surface area (Å²) in [6.07, 6.45) is 1.91. The van der Waals surface area contributed by atoms with E-state index < -0.39 is 0 Å². The van der Waals surface area contributed by atoms with Gasteiger partial charge in [-0.2, -0.15) is 0 Å². The number of hydrogen-bond acceptors (Lipinski definition) is 3. The number of nitrogens with zero attached hydrogens (tertiary/aromatic N) is 1. The normalized spacial score (nSPS) is 21.6. The highest BCUT2D eigenvalue weighted by molar-refractivity contribution is 6.31. The Hall–Kier alpha value is -1.26. The predicted octanol–water partition coefficient (Wildman–Crippen LogP) is 3.00. The van der Waals surface area contributed by atoms with Gasteiger partial charge in [0, 0.05) is 23.8 Å². The zero-order chi connectivity index (χ0) is 15.4. The maximum Gasteiger partial charge on any atom is 0.256 e. The number of nitrogens with one attached hydrogen (secondary N) is 1. The van der Waals surface area contributed by atoms with Crippen LogP contribution in [0.2, 0.25) is 5.02 Å². The Morgan fingerprint density at radius 2 is 2.29 bits per heavy atom. The molecule has 2 unspecified atom stereocenters. The van der Waals surface area contributed by atoms with E-state index in [0.29, 0.717) is 23.0 Å². The number of hydrogen-bond donors (Lipinski definition) is 2. The second kappa shape index (κ2) is 7.14. The summed E-state index contributed by atoms with van der Waals surface area (Å²) in [4.78, 5) is 14.6. The largest absolute Gasteiger partial charge is 0.394 e. The van der Waals surface area contributed by atoms with Crippen LogP contribution in [0.25, 0.3) is 0 Å². The van der Waals surface area contributed by atoms with Crippen LogP contribution in [-0.2, 0) is 0 Å². The molecule has 2 rings (SSSR count). The zero-order valence-electron chi connectivity index (χ0n) is 12.6. The summed E-state index contributed by atoms with van der Waals surface area (Å²) in [6, 6.07) is 5.24. The molecule has 0 saturated carbocycles. The standard InChI is InChI=1S/C16H23ClN2O2/c1-3-7-18-14-5-4-12(17)9-13(14)16(21)19-8-6-11(2)15(19)10-20/h4-5,9,11,15,18,20H,3,6-8,10H2,1-2H3. The summed E-state index contributed by atoms with van der Waals surface area (Å²) >= 11 is 6.05. The lowest BCUT2D eigenvalue weighted by Crippen LogP contribution is -2.40. The molecule has 1 saturated heterocycles. The number of carbonyl (C=O) groups excluding carboxylic acids is 1. The number of benzene rings is 1. The number of aliphatic hydroxyl groups excluding tert-OH is 1. The molecular weight excluding hydrogens is 288 g/mol. The van der Waals surface area contributed by atoms with Crippen molar-refractivity contribution in [2.75, 3.05) is 25.0 Å². The molecule has 0 radical (unpaired) electrons. The molecule has 1 aliphatic heterocycles. The minimum Gasteiger partial charge on any atom is -0.394 e. The monoisotopic (exact) mass is 310 g/mol. The van der Waals surface area contributed by atoms with Crippen LogP contribution in [0.3, 0.4) is 0 Å². The summed E-state index contributed by atoms with van der Waals surface area (Å²) < 4.78 is 0. The molecule has 2 N–H and O–H groups in total. The van der Waals surface area contributed by atoms with Gasteiger partial charge in [-0.1, -0.05) is 25.4 Å². The summed E-state index contributed by atoms with van der Waals surface area (Å²) in [6.45, 7) is 5.65. The highest BCUT2D eigenvalue weighted by atomic mass is 35.5. The zero-order valence-corrected chi connectivity index (χ0v) is 13.4. The molecule has 1 amide bonds. The lowest BCUT2D eigenvalue weighted by atomic mass is 10.0. The second-order valence-corrected chi connectivity index (χ2v) is 6.07. The highest BCUT2D eigenvalue weighted by Crippen LogP contribution is 2.29. The van der Waals surface area contributed by atoms with E-state index in [0.717, 1.165) is 25.1 Å². The topological polar surface area (TPSA) is 52.6 Å². The molecule has 2 atom stereocenters. The summed E-state index contributed by atoms with van der Waals surface area (Å²) in [5.41, 5.74) is 1.39. The first-order valence-electron chi connectivity index (χ1n) is 7.53. The number of likely N-dealkylation sites (tertiary alicyclic amines) is 1. The Morgan fingerprint density at radius 3 is 2.95 bits per heavy atom. The Bertz CT molecular complexity index is 507. The average molecular weight is 311 g/mol. The average Bonchev–Trinajstić information content (AvgIpc) is 2.86. The van der Waals surface area contributed by atoms with Crippen molar-refractivity contribution < 1.29 is 9.90 Å². The molecule has 0 aromatic heterocycles. The Morgan fingerprint density at radius 1 is 1.52 bits per heavy atom. The van der Waals surface area contributed by atoms with Crippen LogP contribution in [0.5, 0.6) is 0 Å². The van der Waals surface area contributed by atoms with Crippen molar-refractivity contribution in [2.45, 2.75) is 32.7 Å². The smallest absolute Gasteiger partial charge is 0.256 e. The van der Waals surface area contributed by atoms with E-state index in [9.17, 15) is 9.90 Å². The Labute approximate surface area is 131 Å². The first kappa shape index (κ1) is 16.1. The quantitative estimate of drug-likeness (QED) is 0.879. The highest BCUT2D eigenvalue weighted by Gasteiger charge is 2.35. The number of aliphatic hydroxyl groups is 1. The molecule has 5 heteroatoms. The number of rotatable bonds is 5. The molecule has 1 fully saturated rings. The third kappa shape index (κ3) is 3.50. The van der Waals surface area contributed by atoms with Crippen LogP contribution < -0.4 is 5.32 Å². The van der Waals surface area contributed by atoms with Gasteiger partial charge >= 0.3 is 0 Å². The van der Waals surface area contributed by atoms with E-state index in [1.807, 2.05) is 6.07 Å². The minimum atomic E-state index is -0.101. The first-order chi connectivity index (χ1) is 10.1. The fraction of sp³-hybridized carbons (Fsp3) is 0.562. The van der Waals surface area contributed by atoms with Gasteiger partial charge in [0.1, 0.15) is 0 Å². The number of anilines is 1. The summed E-state index contributed by atoms with van der Waals surface area (Å²) in [7, 11) is 0. The summed E-state index contributed by atoms with van der Waals surface area (Å²) in [5.74, 6) is 0.268. The van der Waals surface area contributed by atoms with E-state index in [1.165, 1.54) is 0 Å². The van der Waals surface area contributed by atoms with Crippen LogP contribution in [-0.4, -0.2) is 41.7 Å². The van der Waals surface area contributed by atoms with Gasteiger partial charge in [0.25, 0.3) is 5.91 Å². The molecular formula is C16H23ClN2O2. The maximum absolute atomic E-state index is 12.8. The molecule has 0 aliphatic carbocycles. The van der Waals surface area contributed by atoms with Crippen molar-refractivity contribution in [3.8, 4) is 0 Å².